The lowest BCUT2D eigenvalue weighted by molar-refractivity contribution is 0.104. The highest BCUT2D eigenvalue weighted by Crippen LogP contribution is 2.40. The van der Waals surface area contributed by atoms with Crippen molar-refractivity contribution in [2.45, 2.75) is 0 Å². The van der Waals surface area contributed by atoms with Crippen molar-refractivity contribution in [1.82, 2.24) is 0 Å². The first kappa shape index (κ1) is 17.4. The fourth-order valence-electron chi connectivity index (χ4n) is 2.78. The second-order valence-electron chi connectivity index (χ2n) is 5.88. The molecule has 0 aliphatic carbocycles. The fraction of sp³-hybridized carbons (Fsp3) is 0.0500. The highest BCUT2D eigenvalue weighted by molar-refractivity contribution is 7.19. The van der Waals surface area contributed by atoms with Crippen LogP contribution >= 0.6 is 11.3 Å². The summed E-state index contributed by atoms with van der Waals surface area (Å²) in [6, 6.07) is 15.7. The molecule has 3 N–H and O–H groups in total. The van der Waals surface area contributed by atoms with E-state index in [1.54, 1.807) is 36.4 Å². The standard InChI is InChI=1S/C20H12N4O3S/c21-8-11-2-1-3-12(6-11)18(25)19-17(23)14(9-22)20(28-19)24-13-4-5-15-16(7-13)27-10-26-15/h1-7,24H,10,23H2. The summed E-state index contributed by atoms with van der Waals surface area (Å²) in [5.41, 5.74) is 7.78. The Labute approximate surface area is 164 Å². The molecule has 7 nitrogen and oxygen atoms in total. The molecule has 28 heavy (non-hydrogen) atoms. The number of fused-ring (bicyclic) bond motifs is 1. The third-order valence-corrected chi connectivity index (χ3v) is 5.27. The molecule has 0 amide bonds. The fourth-order valence-corrected chi connectivity index (χ4v) is 3.83. The van der Waals surface area contributed by atoms with Gasteiger partial charge in [0.1, 0.15) is 21.5 Å². The molecule has 1 aliphatic heterocycles. The molecule has 0 bridgehead atoms. The van der Waals surface area contributed by atoms with E-state index in [4.69, 9.17) is 20.5 Å². The van der Waals surface area contributed by atoms with Gasteiger partial charge in [0.15, 0.2) is 11.5 Å². The van der Waals surface area contributed by atoms with Gasteiger partial charge in [-0.15, -0.1) is 11.3 Å². The van der Waals surface area contributed by atoms with Crippen LogP contribution in [0.4, 0.5) is 16.4 Å². The van der Waals surface area contributed by atoms with E-state index >= 15 is 0 Å². The number of carbonyl (C=O) groups is 1. The zero-order chi connectivity index (χ0) is 19.7. The van der Waals surface area contributed by atoms with Gasteiger partial charge in [-0.3, -0.25) is 4.79 Å². The summed E-state index contributed by atoms with van der Waals surface area (Å²) < 4.78 is 10.6. The van der Waals surface area contributed by atoms with E-state index < -0.39 is 0 Å². The predicted octanol–water partition coefficient (Wildman–Crippen LogP) is 3.78. The van der Waals surface area contributed by atoms with Gasteiger partial charge < -0.3 is 20.5 Å². The lowest BCUT2D eigenvalue weighted by atomic mass is 10.1. The number of nitrogens with two attached hydrogens (primary N) is 1. The number of rotatable bonds is 4. The molecular weight excluding hydrogens is 376 g/mol. The van der Waals surface area contributed by atoms with Crippen LogP contribution in [0.1, 0.15) is 26.4 Å². The lowest BCUT2D eigenvalue weighted by Gasteiger charge is -2.05. The number of hydrogen-bond acceptors (Lipinski definition) is 8. The Balaban J connectivity index is 1.69. The number of thiophene rings is 1. The summed E-state index contributed by atoms with van der Waals surface area (Å²) in [4.78, 5) is 13.1. The number of hydrogen-bond donors (Lipinski definition) is 2. The zero-order valence-electron chi connectivity index (χ0n) is 14.4. The number of nitrogen functional groups attached to an aromatic ring is 1. The Bertz CT molecular complexity index is 1190. The summed E-state index contributed by atoms with van der Waals surface area (Å²) in [5, 5.41) is 22.1. The molecule has 2 heterocycles. The topological polar surface area (TPSA) is 121 Å². The number of ether oxygens (including phenoxy) is 2. The van der Waals surface area contributed by atoms with Crippen LogP contribution in [0, 0.1) is 22.7 Å². The van der Waals surface area contributed by atoms with Gasteiger partial charge in [0.05, 0.1) is 17.3 Å². The van der Waals surface area contributed by atoms with Gasteiger partial charge in [-0.05, 0) is 24.3 Å². The van der Waals surface area contributed by atoms with Crippen molar-refractivity contribution >= 4 is 33.5 Å². The molecule has 8 heteroatoms. The number of nitrogens with zero attached hydrogens (tertiary/aromatic N) is 2. The first-order valence-corrected chi connectivity index (χ1v) is 8.96. The van der Waals surface area contributed by atoms with E-state index in [2.05, 4.69) is 5.32 Å². The van der Waals surface area contributed by atoms with E-state index in [-0.39, 0.29) is 28.7 Å². The Hall–Kier alpha value is -4.01. The number of nitriles is 2. The number of nitrogens with one attached hydrogen (secondary N) is 1. The molecule has 136 valence electrons. The smallest absolute Gasteiger partial charge is 0.231 e. The summed E-state index contributed by atoms with van der Waals surface area (Å²) in [6.07, 6.45) is 0. The number of ketones is 1. The Morgan fingerprint density at radius 1 is 1.11 bits per heavy atom. The van der Waals surface area contributed by atoms with Crippen LogP contribution in [0.2, 0.25) is 0 Å². The van der Waals surface area contributed by atoms with Crippen LogP contribution in [0.3, 0.4) is 0 Å². The second-order valence-corrected chi connectivity index (χ2v) is 6.90. The summed E-state index contributed by atoms with van der Waals surface area (Å²) in [6.45, 7) is 0.161. The highest BCUT2D eigenvalue weighted by Gasteiger charge is 2.23. The van der Waals surface area contributed by atoms with Crippen LogP contribution < -0.4 is 20.5 Å². The van der Waals surface area contributed by atoms with Crippen molar-refractivity contribution in [2.24, 2.45) is 0 Å². The minimum absolute atomic E-state index is 0.114. The molecule has 0 radical (unpaired) electrons. The summed E-state index contributed by atoms with van der Waals surface area (Å²) in [5.74, 6) is 0.900. The summed E-state index contributed by atoms with van der Waals surface area (Å²) >= 11 is 1.09. The zero-order valence-corrected chi connectivity index (χ0v) is 15.2. The van der Waals surface area contributed by atoms with E-state index in [1.807, 2.05) is 12.1 Å². The van der Waals surface area contributed by atoms with Gasteiger partial charge >= 0.3 is 0 Å². The molecule has 0 spiro atoms. The monoisotopic (exact) mass is 388 g/mol. The van der Waals surface area contributed by atoms with Gasteiger partial charge in [-0.2, -0.15) is 10.5 Å². The van der Waals surface area contributed by atoms with Crippen LogP contribution in [0.5, 0.6) is 11.5 Å². The average molecular weight is 388 g/mol. The maximum atomic E-state index is 12.9. The normalized spacial score (nSPS) is 11.5. The first-order valence-electron chi connectivity index (χ1n) is 8.14. The van der Waals surface area contributed by atoms with E-state index in [1.165, 1.54) is 6.07 Å². The molecule has 1 aliphatic rings. The van der Waals surface area contributed by atoms with Crippen LogP contribution in [-0.2, 0) is 0 Å². The van der Waals surface area contributed by atoms with Gasteiger partial charge in [-0.1, -0.05) is 12.1 Å². The molecule has 1 aromatic heterocycles. The predicted molar refractivity (Wildman–Crippen MR) is 104 cm³/mol. The Kier molecular flexibility index (Phi) is 4.32. The largest absolute Gasteiger partial charge is 0.454 e. The maximum absolute atomic E-state index is 12.9. The van der Waals surface area contributed by atoms with Gasteiger partial charge in [0.2, 0.25) is 12.6 Å². The number of carbonyl (C=O) groups excluding carboxylic acids is 1. The van der Waals surface area contributed by atoms with E-state index in [0.29, 0.717) is 33.3 Å². The van der Waals surface area contributed by atoms with Crippen LogP contribution in [0.15, 0.2) is 42.5 Å². The van der Waals surface area contributed by atoms with Gasteiger partial charge in [-0.25, -0.2) is 0 Å². The molecule has 3 aromatic rings. The maximum Gasteiger partial charge on any atom is 0.231 e. The third-order valence-electron chi connectivity index (χ3n) is 4.15. The van der Waals surface area contributed by atoms with Crippen LogP contribution in [-0.4, -0.2) is 12.6 Å². The van der Waals surface area contributed by atoms with Crippen molar-refractivity contribution < 1.29 is 14.3 Å². The quantitative estimate of drug-likeness (QED) is 0.652. The van der Waals surface area contributed by atoms with Crippen molar-refractivity contribution in [2.75, 3.05) is 17.8 Å². The molecule has 0 fully saturated rings. The van der Waals surface area contributed by atoms with Crippen molar-refractivity contribution in [3.8, 4) is 23.6 Å². The molecule has 4 rings (SSSR count). The molecule has 0 unspecified atom stereocenters. The third kappa shape index (κ3) is 2.98. The second kappa shape index (κ2) is 6.95. The molecule has 2 aromatic carbocycles. The molecule has 0 saturated carbocycles. The van der Waals surface area contributed by atoms with Crippen LogP contribution in [0.25, 0.3) is 0 Å². The van der Waals surface area contributed by atoms with E-state index in [0.717, 1.165) is 11.3 Å². The lowest BCUT2D eigenvalue weighted by Crippen LogP contribution is -2.03. The summed E-state index contributed by atoms with van der Waals surface area (Å²) in [7, 11) is 0. The minimum atomic E-state index is -0.338. The first-order chi connectivity index (χ1) is 13.6. The Morgan fingerprint density at radius 3 is 2.71 bits per heavy atom. The minimum Gasteiger partial charge on any atom is -0.454 e. The SMILES string of the molecule is N#Cc1cccc(C(=O)c2sc(Nc3ccc4c(c3)OCO4)c(C#N)c2N)c1. The van der Waals surface area contributed by atoms with E-state index in [9.17, 15) is 10.1 Å². The Morgan fingerprint density at radius 2 is 1.93 bits per heavy atom. The van der Waals surface area contributed by atoms with Crippen molar-refractivity contribution in [3.05, 3.63) is 64.0 Å². The highest BCUT2D eigenvalue weighted by atomic mass is 32.1. The average Bonchev–Trinajstić information content (AvgIpc) is 3.31. The molecule has 0 saturated heterocycles. The van der Waals surface area contributed by atoms with Crippen molar-refractivity contribution in [1.29, 1.82) is 10.5 Å². The molecular formula is C20H12N4O3S. The molecule has 0 atom stereocenters. The number of benzene rings is 2. The van der Waals surface area contributed by atoms with Gasteiger partial charge in [0, 0.05) is 17.3 Å². The number of anilines is 3. The van der Waals surface area contributed by atoms with Gasteiger partial charge in [0.25, 0.3) is 0 Å². The van der Waals surface area contributed by atoms with Crippen molar-refractivity contribution in [3.63, 3.8) is 0 Å².